The Kier molecular flexibility index (Phi) is 7.77. The van der Waals surface area contributed by atoms with Crippen molar-refractivity contribution < 1.29 is 14.4 Å². The largest absolute Gasteiger partial charge is 0.352 e. The normalized spacial score (nSPS) is 11.1. The molecule has 0 saturated heterocycles. The van der Waals surface area contributed by atoms with Crippen LogP contribution in [0.4, 0.5) is 0 Å². The number of carbonyl (C=O) groups is 3. The number of rotatable bonds is 8. The van der Waals surface area contributed by atoms with Crippen LogP contribution in [0, 0.1) is 0 Å². The predicted molar refractivity (Wildman–Crippen MR) is 109 cm³/mol. The van der Waals surface area contributed by atoms with E-state index in [1.165, 1.54) is 0 Å². The zero-order valence-electron chi connectivity index (χ0n) is 14.8. The van der Waals surface area contributed by atoms with Crippen LogP contribution in [-0.2, 0) is 11.2 Å². The molecule has 0 atom stereocenters. The Balaban J connectivity index is 2.06. The molecule has 0 aliphatic carbocycles. The molecule has 0 saturated carbocycles. The molecule has 0 aromatic heterocycles. The van der Waals surface area contributed by atoms with E-state index in [1.807, 2.05) is 13.0 Å². The van der Waals surface area contributed by atoms with Gasteiger partial charge in [0.05, 0.1) is 10.0 Å². The van der Waals surface area contributed by atoms with Crippen molar-refractivity contribution in [2.45, 2.75) is 19.8 Å². The number of allylic oxidation sites excluding steroid dienone is 1. The van der Waals surface area contributed by atoms with E-state index in [1.54, 1.807) is 36.4 Å². The molecule has 0 aliphatic rings. The highest BCUT2D eigenvalue weighted by Crippen LogP contribution is 2.26. The van der Waals surface area contributed by atoms with Crippen molar-refractivity contribution in [1.29, 1.82) is 0 Å². The van der Waals surface area contributed by atoms with E-state index in [-0.39, 0.29) is 5.91 Å². The molecule has 1 amide bonds. The minimum atomic E-state index is -0.213. The third kappa shape index (κ3) is 5.52. The van der Waals surface area contributed by atoms with Gasteiger partial charge >= 0.3 is 0 Å². The van der Waals surface area contributed by atoms with Crippen molar-refractivity contribution in [3.8, 4) is 0 Å². The number of hydrogen-bond donors (Lipinski definition) is 1. The standard InChI is InChI=1S/C21H19Cl2NO3/c1-2-3-18(15-6-7-19(22)20(23)11-15)21(27)24-9-8-14-4-5-16(12-25)17(10-14)13-26/h3-7,10-13H,2,8-9H2,1H3,(H,24,27)/b18-3+. The van der Waals surface area contributed by atoms with Crippen molar-refractivity contribution in [2.24, 2.45) is 0 Å². The summed E-state index contributed by atoms with van der Waals surface area (Å²) in [5.41, 5.74) is 2.78. The number of carbonyl (C=O) groups excluding carboxylic acids is 3. The summed E-state index contributed by atoms with van der Waals surface area (Å²) in [4.78, 5) is 34.5. The smallest absolute Gasteiger partial charge is 0.251 e. The van der Waals surface area contributed by atoms with Crippen molar-refractivity contribution in [2.75, 3.05) is 6.54 Å². The minimum Gasteiger partial charge on any atom is -0.352 e. The van der Waals surface area contributed by atoms with Crippen LogP contribution in [0.15, 0.2) is 42.5 Å². The van der Waals surface area contributed by atoms with Gasteiger partial charge in [0.25, 0.3) is 5.91 Å². The van der Waals surface area contributed by atoms with Gasteiger partial charge < -0.3 is 5.32 Å². The Morgan fingerprint density at radius 3 is 2.37 bits per heavy atom. The molecule has 1 N–H and O–H groups in total. The number of amides is 1. The maximum absolute atomic E-state index is 12.6. The molecule has 6 heteroatoms. The van der Waals surface area contributed by atoms with E-state index in [0.29, 0.717) is 64.3 Å². The van der Waals surface area contributed by atoms with Gasteiger partial charge in [-0.25, -0.2) is 0 Å². The molecule has 0 radical (unpaired) electrons. The van der Waals surface area contributed by atoms with Crippen LogP contribution in [0.1, 0.15) is 45.2 Å². The van der Waals surface area contributed by atoms with Crippen LogP contribution in [0.25, 0.3) is 5.57 Å². The monoisotopic (exact) mass is 403 g/mol. The summed E-state index contributed by atoms with van der Waals surface area (Å²) in [5.74, 6) is -0.213. The second kappa shape index (κ2) is 10.0. The zero-order valence-corrected chi connectivity index (χ0v) is 16.3. The lowest BCUT2D eigenvalue weighted by Crippen LogP contribution is -2.26. The second-order valence-electron chi connectivity index (χ2n) is 5.86. The molecular weight excluding hydrogens is 385 g/mol. The quantitative estimate of drug-likeness (QED) is 0.509. The van der Waals surface area contributed by atoms with Gasteiger partial charge in [0.2, 0.25) is 0 Å². The van der Waals surface area contributed by atoms with Crippen molar-refractivity contribution in [3.05, 3.63) is 74.8 Å². The number of halogens is 2. The summed E-state index contributed by atoms with van der Waals surface area (Å²) in [7, 11) is 0. The summed E-state index contributed by atoms with van der Waals surface area (Å²) >= 11 is 12.0. The molecule has 4 nitrogen and oxygen atoms in total. The van der Waals surface area contributed by atoms with E-state index < -0.39 is 0 Å². The van der Waals surface area contributed by atoms with Crippen LogP contribution in [0.2, 0.25) is 10.0 Å². The third-order valence-electron chi connectivity index (χ3n) is 3.99. The Labute approximate surface area is 168 Å². The number of hydrogen-bond acceptors (Lipinski definition) is 3. The molecule has 2 aromatic carbocycles. The molecule has 0 fully saturated rings. The lowest BCUT2D eigenvalue weighted by molar-refractivity contribution is -0.115. The molecule has 0 bridgehead atoms. The molecular formula is C21H19Cl2NO3. The first-order valence-corrected chi connectivity index (χ1v) is 9.22. The summed E-state index contributed by atoms with van der Waals surface area (Å²) in [6.45, 7) is 2.33. The maximum atomic E-state index is 12.6. The number of aldehydes is 2. The van der Waals surface area contributed by atoms with E-state index in [2.05, 4.69) is 5.32 Å². The van der Waals surface area contributed by atoms with E-state index in [0.717, 1.165) is 5.56 Å². The molecule has 140 valence electrons. The van der Waals surface area contributed by atoms with E-state index in [9.17, 15) is 14.4 Å². The van der Waals surface area contributed by atoms with Gasteiger partial charge in [-0.2, -0.15) is 0 Å². The van der Waals surface area contributed by atoms with Crippen LogP contribution in [0.5, 0.6) is 0 Å². The fourth-order valence-corrected chi connectivity index (χ4v) is 2.91. The number of benzene rings is 2. The van der Waals surface area contributed by atoms with E-state index >= 15 is 0 Å². The Hall–Kier alpha value is -2.43. The van der Waals surface area contributed by atoms with Gasteiger partial charge in [-0.1, -0.05) is 54.4 Å². The highest BCUT2D eigenvalue weighted by atomic mass is 35.5. The first kappa shape index (κ1) is 20.9. The molecule has 2 rings (SSSR count). The summed E-state index contributed by atoms with van der Waals surface area (Å²) in [5, 5.41) is 3.69. The fourth-order valence-electron chi connectivity index (χ4n) is 2.61. The molecule has 27 heavy (non-hydrogen) atoms. The van der Waals surface area contributed by atoms with Crippen LogP contribution in [-0.4, -0.2) is 25.0 Å². The summed E-state index contributed by atoms with van der Waals surface area (Å²) < 4.78 is 0. The van der Waals surface area contributed by atoms with Crippen molar-refractivity contribution >= 4 is 47.3 Å². The predicted octanol–water partition coefficient (Wildman–Crippen LogP) is 4.77. The molecule has 0 spiro atoms. The topological polar surface area (TPSA) is 63.2 Å². The average Bonchev–Trinajstić information content (AvgIpc) is 2.68. The minimum absolute atomic E-state index is 0.213. The van der Waals surface area contributed by atoms with Gasteiger partial charge in [-0.15, -0.1) is 0 Å². The molecule has 0 heterocycles. The lowest BCUT2D eigenvalue weighted by Gasteiger charge is -2.11. The van der Waals surface area contributed by atoms with Gasteiger partial charge in [-0.3, -0.25) is 14.4 Å². The van der Waals surface area contributed by atoms with Crippen LogP contribution < -0.4 is 5.32 Å². The molecule has 0 aliphatic heterocycles. The average molecular weight is 404 g/mol. The van der Waals surface area contributed by atoms with E-state index in [4.69, 9.17) is 23.2 Å². The second-order valence-corrected chi connectivity index (χ2v) is 6.67. The zero-order chi connectivity index (χ0) is 19.8. The SMILES string of the molecule is CC/C=C(/C(=O)NCCc1ccc(C=O)c(C=O)c1)c1ccc(Cl)c(Cl)c1. The summed E-state index contributed by atoms with van der Waals surface area (Å²) in [6.07, 6.45) is 4.36. The van der Waals surface area contributed by atoms with Gasteiger partial charge in [0.1, 0.15) is 0 Å². The van der Waals surface area contributed by atoms with Crippen LogP contribution >= 0.6 is 23.2 Å². The molecule has 0 unspecified atom stereocenters. The first-order chi connectivity index (χ1) is 13.0. The Morgan fingerprint density at radius 2 is 1.74 bits per heavy atom. The van der Waals surface area contributed by atoms with Crippen LogP contribution in [0.3, 0.4) is 0 Å². The van der Waals surface area contributed by atoms with Gasteiger partial charge in [0.15, 0.2) is 12.6 Å². The van der Waals surface area contributed by atoms with Gasteiger partial charge in [0, 0.05) is 23.2 Å². The van der Waals surface area contributed by atoms with Crippen molar-refractivity contribution in [1.82, 2.24) is 5.32 Å². The number of nitrogens with one attached hydrogen (secondary N) is 1. The first-order valence-electron chi connectivity index (χ1n) is 8.47. The fraction of sp³-hybridized carbons (Fsp3) is 0.190. The highest BCUT2D eigenvalue weighted by Gasteiger charge is 2.13. The van der Waals surface area contributed by atoms with Gasteiger partial charge in [-0.05, 0) is 42.2 Å². The lowest BCUT2D eigenvalue weighted by atomic mass is 10.0. The Morgan fingerprint density at radius 1 is 1.00 bits per heavy atom. The van der Waals surface area contributed by atoms with Crippen molar-refractivity contribution in [3.63, 3.8) is 0 Å². The Bertz CT molecular complexity index is 891. The summed E-state index contributed by atoms with van der Waals surface area (Å²) in [6, 6.07) is 10.1. The third-order valence-corrected chi connectivity index (χ3v) is 4.73. The maximum Gasteiger partial charge on any atom is 0.251 e. The molecule has 2 aromatic rings. The highest BCUT2D eigenvalue weighted by molar-refractivity contribution is 6.42.